The van der Waals surface area contributed by atoms with Gasteiger partial charge in [0.2, 0.25) is 0 Å². The summed E-state index contributed by atoms with van der Waals surface area (Å²) in [5, 5.41) is 28.3. The van der Waals surface area contributed by atoms with Gasteiger partial charge in [-0.25, -0.2) is 4.79 Å². The molecule has 7 nitrogen and oxygen atoms in total. The number of ketones is 1. The van der Waals surface area contributed by atoms with E-state index in [2.05, 4.69) is 0 Å². The van der Waals surface area contributed by atoms with Crippen LogP contribution in [0.4, 0.5) is 0 Å². The molecular weight excluding hydrogens is 348 g/mol. The van der Waals surface area contributed by atoms with Gasteiger partial charge in [0.25, 0.3) is 0 Å². The fraction of sp³-hybridized carbons (Fsp3) is 0.824. The van der Waals surface area contributed by atoms with Crippen LogP contribution in [-0.2, 0) is 19.1 Å². The quantitative estimate of drug-likeness (QED) is 0.623. The first-order valence-corrected chi connectivity index (χ1v) is 9.77. The third kappa shape index (κ3) is 5.43. The monoisotopic (exact) mass is 374 g/mol. The number of cyclic esters (lactones) is 1. The van der Waals surface area contributed by atoms with Crippen LogP contribution in [0.1, 0.15) is 45.4 Å². The standard InChI is InChI=1S/C17H26O7S/c1-9-4-2-3-5-10-11(6-15(20)24-9)16(21)14(7-12(10)18)25-8-13(19)17(22)23/h9-11,13-14,16,19,21H,2-8H2,1H3,(H,22,23)/t9-,10+,11+,13-,14+,16-/m0/s1. The Labute approximate surface area is 151 Å². The van der Waals surface area contributed by atoms with Crippen molar-refractivity contribution in [3.63, 3.8) is 0 Å². The Morgan fingerprint density at radius 2 is 1.96 bits per heavy atom. The van der Waals surface area contributed by atoms with Crippen molar-refractivity contribution < 1.29 is 34.4 Å². The molecule has 0 radical (unpaired) electrons. The van der Waals surface area contributed by atoms with Crippen molar-refractivity contribution in [1.29, 1.82) is 0 Å². The normalized spacial score (nSPS) is 35.4. The number of carboxylic acid groups (broad SMARTS) is 1. The van der Waals surface area contributed by atoms with E-state index < -0.39 is 35.3 Å². The van der Waals surface area contributed by atoms with Crippen molar-refractivity contribution >= 4 is 29.5 Å². The van der Waals surface area contributed by atoms with Crippen LogP contribution in [-0.4, -0.2) is 62.4 Å². The average Bonchev–Trinajstić information content (AvgIpc) is 2.54. The van der Waals surface area contributed by atoms with E-state index in [-0.39, 0.29) is 36.4 Å². The minimum absolute atomic E-state index is 0.000892. The molecule has 25 heavy (non-hydrogen) atoms. The molecule has 1 heterocycles. The van der Waals surface area contributed by atoms with Crippen molar-refractivity contribution in [2.75, 3.05) is 5.75 Å². The van der Waals surface area contributed by atoms with Gasteiger partial charge >= 0.3 is 11.9 Å². The predicted molar refractivity (Wildman–Crippen MR) is 91.1 cm³/mol. The van der Waals surface area contributed by atoms with Gasteiger partial charge in [0.15, 0.2) is 6.10 Å². The minimum atomic E-state index is -1.54. The third-order valence-corrected chi connectivity index (χ3v) is 6.40. The van der Waals surface area contributed by atoms with Gasteiger partial charge < -0.3 is 20.1 Å². The lowest BCUT2D eigenvalue weighted by Crippen LogP contribution is -2.47. The zero-order valence-corrected chi connectivity index (χ0v) is 15.1. The third-order valence-electron chi connectivity index (χ3n) is 5.02. The highest BCUT2D eigenvalue weighted by molar-refractivity contribution is 8.00. The summed E-state index contributed by atoms with van der Waals surface area (Å²) >= 11 is 1.07. The van der Waals surface area contributed by atoms with Gasteiger partial charge in [-0.2, -0.15) is 11.8 Å². The summed E-state index contributed by atoms with van der Waals surface area (Å²) in [5.41, 5.74) is 0. The highest BCUT2D eigenvalue weighted by Crippen LogP contribution is 2.39. The Hall–Kier alpha value is -1.12. The van der Waals surface area contributed by atoms with E-state index in [1.807, 2.05) is 6.92 Å². The van der Waals surface area contributed by atoms with E-state index in [1.54, 1.807) is 0 Å². The number of hydrogen-bond donors (Lipinski definition) is 3. The lowest BCUT2D eigenvalue weighted by atomic mass is 9.72. The summed E-state index contributed by atoms with van der Waals surface area (Å²) in [7, 11) is 0. The summed E-state index contributed by atoms with van der Waals surface area (Å²) in [4.78, 5) is 35.4. The van der Waals surface area contributed by atoms with Crippen LogP contribution in [0, 0.1) is 11.8 Å². The summed E-state index contributed by atoms with van der Waals surface area (Å²) in [6, 6.07) is 0. The number of rotatable bonds is 4. The van der Waals surface area contributed by atoms with Crippen molar-refractivity contribution in [3.8, 4) is 0 Å². The number of ether oxygens (including phenoxy) is 1. The van der Waals surface area contributed by atoms with E-state index in [1.165, 1.54) is 0 Å². The Morgan fingerprint density at radius 3 is 2.64 bits per heavy atom. The van der Waals surface area contributed by atoms with Crippen LogP contribution >= 0.6 is 11.8 Å². The molecule has 3 N–H and O–H groups in total. The van der Waals surface area contributed by atoms with Crippen LogP contribution in [0.15, 0.2) is 0 Å². The van der Waals surface area contributed by atoms with Crippen LogP contribution < -0.4 is 0 Å². The molecule has 2 rings (SSSR count). The average molecular weight is 374 g/mol. The molecule has 2 fully saturated rings. The SMILES string of the molecule is C[C@H]1CCCC[C@H]2C(=O)C[C@@H](SC[C@H](O)C(=O)O)[C@@H](O)[C@@H]2CC(=O)O1. The maximum atomic E-state index is 12.5. The number of aliphatic hydroxyl groups excluding tert-OH is 2. The van der Waals surface area contributed by atoms with Crippen molar-refractivity contribution in [1.82, 2.24) is 0 Å². The fourth-order valence-corrected chi connectivity index (χ4v) is 4.88. The smallest absolute Gasteiger partial charge is 0.333 e. The molecule has 6 atom stereocenters. The Morgan fingerprint density at radius 1 is 1.28 bits per heavy atom. The number of aliphatic carboxylic acids is 1. The number of aliphatic hydroxyl groups is 2. The molecule has 2 aliphatic rings. The van der Waals surface area contributed by atoms with Gasteiger partial charge in [0, 0.05) is 29.3 Å². The van der Waals surface area contributed by atoms with Crippen LogP contribution in [0.2, 0.25) is 0 Å². The number of Topliss-reactive ketones (excluding diaryl/α,β-unsaturated/α-hetero) is 1. The lowest BCUT2D eigenvalue weighted by molar-refractivity contribution is -0.153. The van der Waals surface area contributed by atoms with Gasteiger partial charge in [0.05, 0.1) is 18.6 Å². The lowest BCUT2D eigenvalue weighted by Gasteiger charge is -2.39. The second-order valence-corrected chi connectivity index (χ2v) is 8.22. The van der Waals surface area contributed by atoms with Gasteiger partial charge in [-0.05, 0) is 26.2 Å². The Kier molecular flexibility index (Phi) is 7.27. The molecule has 0 unspecified atom stereocenters. The number of esters is 1. The molecule has 142 valence electrons. The number of fused-ring (bicyclic) bond motifs is 1. The summed E-state index contributed by atoms with van der Waals surface area (Å²) in [6.07, 6.45) is 0.625. The van der Waals surface area contributed by atoms with E-state index in [4.69, 9.17) is 9.84 Å². The molecule has 1 saturated heterocycles. The molecule has 1 aliphatic heterocycles. The molecule has 0 spiro atoms. The predicted octanol–water partition coefficient (Wildman–Crippen LogP) is 0.996. The number of thioether (sulfide) groups is 1. The summed E-state index contributed by atoms with van der Waals surface area (Å²) in [5.74, 6) is -2.73. The minimum Gasteiger partial charge on any atom is -0.479 e. The van der Waals surface area contributed by atoms with E-state index in [0.717, 1.165) is 31.0 Å². The van der Waals surface area contributed by atoms with Gasteiger partial charge in [-0.1, -0.05) is 6.42 Å². The zero-order chi connectivity index (χ0) is 18.6. The molecule has 0 aromatic heterocycles. The molecule has 1 saturated carbocycles. The maximum Gasteiger partial charge on any atom is 0.333 e. The molecule has 8 heteroatoms. The first-order chi connectivity index (χ1) is 11.8. The summed E-state index contributed by atoms with van der Waals surface area (Å²) in [6.45, 7) is 1.84. The van der Waals surface area contributed by atoms with E-state index in [9.17, 15) is 24.6 Å². The van der Waals surface area contributed by atoms with Crippen LogP contribution in [0.5, 0.6) is 0 Å². The second kappa shape index (κ2) is 9.00. The van der Waals surface area contributed by atoms with Gasteiger partial charge in [-0.15, -0.1) is 0 Å². The molecule has 0 aromatic carbocycles. The van der Waals surface area contributed by atoms with Gasteiger partial charge in [-0.3, -0.25) is 9.59 Å². The topological polar surface area (TPSA) is 121 Å². The molecular formula is C17H26O7S. The molecule has 0 bridgehead atoms. The van der Waals surface area contributed by atoms with Crippen molar-refractivity contribution in [2.45, 2.75) is 69.0 Å². The first-order valence-electron chi connectivity index (χ1n) is 8.72. The van der Waals surface area contributed by atoms with E-state index >= 15 is 0 Å². The van der Waals surface area contributed by atoms with Crippen LogP contribution in [0.25, 0.3) is 0 Å². The van der Waals surface area contributed by atoms with E-state index in [0.29, 0.717) is 6.42 Å². The first kappa shape index (κ1) is 20.2. The molecule has 0 aromatic rings. The maximum absolute atomic E-state index is 12.5. The number of carbonyl (C=O) groups is 3. The highest BCUT2D eigenvalue weighted by atomic mass is 32.2. The second-order valence-electron chi connectivity index (χ2n) is 6.95. The molecule has 1 aliphatic carbocycles. The number of carbonyl (C=O) groups excluding carboxylic acids is 2. The largest absolute Gasteiger partial charge is 0.479 e. The Balaban J connectivity index is 2.08. The van der Waals surface area contributed by atoms with Gasteiger partial charge in [0.1, 0.15) is 5.78 Å². The highest BCUT2D eigenvalue weighted by Gasteiger charge is 2.44. The fourth-order valence-electron chi connectivity index (χ4n) is 3.62. The molecule has 0 amide bonds. The zero-order valence-electron chi connectivity index (χ0n) is 14.3. The number of hydrogen-bond acceptors (Lipinski definition) is 7. The summed E-state index contributed by atoms with van der Waals surface area (Å²) < 4.78 is 5.34. The van der Waals surface area contributed by atoms with Crippen molar-refractivity contribution in [2.24, 2.45) is 11.8 Å². The number of carboxylic acids is 1. The van der Waals surface area contributed by atoms with Crippen molar-refractivity contribution in [3.05, 3.63) is 0 Å². The van der Waals surface area contributed by atoms with Crippen LogP contribution in [0.3, 0.4) is 0 Å². The Bertz CT molecular complexity index is 509.